The molecule has 5 heteroatoms. The fourth-order valence-electron chi connectivity index (χ4n) is 4.40. The summed E-state index contributed by atoms with van der Waals surface area (Å²) in [5.41, 5.74) is 1.14. The highest BCUT2D eigenvalue weighted by molar-refractivity contribution is 6.06. The lowest BCUT2D eigenvalue weighted by molar-refractivity contribution is 0.0624. The van der Waals surface area contributed by atoms with Gasteiger partial charge in [0.25, 0.3) is 11.5 Å². The van der Waals surface area contributed by atoms with E-state index in [9.17, 15) is 9.59 Å². The number of ether oxygens (including phenoxy) is 1. The highest BCUT2D eigenvalue weighted by Crippen LogP contribution is 2.25. The minimum atomic E-state index is -0.136. The zero-order chi connectivity index (χ0) is 20.5. The van der Waals surface area contributed by atoms with Gasteiger partial charge in [-0.3, -0.25) is 14.2 Å². The van der Waals surface area contributed by atoms with E-state index < -0.39 is 0 Å². The number of methoxy groups -OCH3 is 1. The maximum atomic E-state index is 13.5. The number of carbonyl (C=O) groups excluding carboxylic acids is 1. The van der Waals surface area contributed by atoms with Gasteiger partial charge >= 0.3 is 0 Å². The number of piperidine rings is 1. The number of pyridine rings is 1. The van der Waals surface area contributed by atoms with E-state index in [1.807, 2.05) is 47.4 Å². The van der Waals surface area contributed by atoms with Crippen LogP contribution in [0.3, 0.4) is 0 Å². The fraction of sp³-hybridized carbons (Fsp3) is 0.333. The standard InChI is InChI=1S/C24H26N2O3/c1-16-12-17(2)14-25(13-16)23(27)22-15-26(18-8-10-19(29-3)11-9-18)24(28)21-7-5-4-6-20(21)22/h4-11,15-17H,12-14H2,1-3H3. The molecule has 3 aromatic rings. The molecule has 0 radical (unpaired) electrons. The number of rotatable bonds is 3. The van der Waals surface area contributed by atoms with Crippen LogP contribution in [-0.4, -0.2) is 35.6 Å². The Bertz CT molecular complexity index is 1090. The smallest absolute Gasteiger partial charge is 0.262 e. The summed E-state index contributed by atoms with van der Waals surface area (Å²) >= 11 is 0. The summed E-state index contributed by atoms with van der Waals surface area (Å²) in [5, 5.41) is 1.26. The van der Waals surface area contributed by atoms with E-state index in [0.29, 0.717) is 33.9 Å². The summed E-state index contributed by atoms with van der Waals surface area (Å²) < 4.78 is 6.78. The number of fused-ring (bicyclic) bond motifs is 1. The molecule has 0 bridgehead atoms. The molecular weight excluding hydrogens is 364 g/mol. The number of hydrogen-bond acceptors (Lipinski definition) is 3. The van der Waals surface area contributed by atoms with Crippen molar-refractivity contribution < 1.29 is 9.53 Å². The van der Waals surface area contributed by atoms with Crippen LogP contribution in [0.1, 0.15) is 30.6 Å². The highest BCUT2D eigenvalue weighted by Gasteiger charge is 2.28. The largest absolute Gasteiger partial charge is 0.497 e. The third kappa shape index (κ3) is 3.65. The van der Waals surface area contributed by atoms with Gasteiger partial charge in [-0.25, -0.2) is 0 Å². The van der Waals surface area contributed by atoms with Gasteiger partial charge < -0.3 is 9.64 Å². The molecule has 5 nitrogen and oxygen atoms in total. The summed E-state index contributed by atoms with van der Waals surface area (Å²) in [6.45, 7) is 5.87. The zero-order valence-electron chi connectivity index (χ0n) is 17.1. The maximum absolute atomic E-state index is 13.5. The van der Waals surface area contributed by atoms with Crippen LogP contribution in [0.4, 0.5) is 0 Å². The van der Waals surface area contributed by atoms with Crippen LogP contribution in [0.5, 0.6) is 5.75 Å². The quantitative estimate of drug-likeness (QED) is 0.676. The minimum Gasteiger partial charge on any atom is -0.497 e. The van der Waals surface area contributed by atoms with E-state index in [1.54, 1.807) is 23.9 Å². The van der Waals surface area contributed by atoms with Gasteiger partial charge in [0.05, 0.1) is 12.7 Å². The van der Waals surface area contributed by atoms with Gasteiger partial charge in [0.15, 0.2) is 0 Å². The van der Waals surface area contributed by atoms with Crippen LogP contribution < -0.4 is 10.3 Å². The lowest BCUT2D eigenvalue weighted by Crippen LogP contribution is -2.43. The third-order valence-corrected chi connectivity index (χ3v) is 5.66. The molecule has 0 N–H and O–H groups in total. The number of likely N-dealkylation sites (tertiary alicyclic amines) is 1. The van der Waals surface area contributed by atoms with Gasteiger partial charge in [-0.05, 0) is 48.6 Å². The molecule has 1 fully saturated rings. The lowest BCUT2D eigenvalue weighted by Gasteiger charge is -2.35. The molecule has 0 aliphatic carbocycles. The van der Waals surface area contributed by atoms with E-state index in [1.165, 1.54) is 0 Å². The lowest BCUT2D eigenvalue weighted by atomic mass is 9.91. The predicted molar refractivity (Wildman–Crippen MR) is 115 cm³/mol. The zero-order valence-corrected chi connectivity index (χ0v) is 17.1. The number of nitrogens with zero attached hydrogens (tertiary/aromatic N) is 2. The van der Waals surface area contributed by atoms with Crippen LogP contribution in [-0.2, 0) is 0 Å². The summed E-state index contributed by atoms with van der Waals surface area (Å²) in [6.07, 6.45) is 2.83. The third-order valence-electron chi connectivity index (χ3n) is 5.66. The molecule has 0 saturated carbocycles. The van der Waals surface area contributed by atoms with Crippen molar-refractivity contribution in [2.75, 3.05) is 20.2 Å². The average Bonchev–Trinajstić information content (AvgIpc) is 2.73. The minimum absolute atomic E-state index is 0.0122. The second-order valence-corrected chi connectivity index (χ2v) is 8.12. The topological polar surface area (TPSA) is 51.5 Å². The van der Waals surface area contributed by atoms with Crippen molar-refractivity contribution in [2.45, 2.75) is 20.3 Å². The number of aromatic nitrogens is 1. The Morgan fingerprint density at radius 2 is 1.59 bits per heavy atom. The molecule has 1 amide bonds. The van der Waals surface area contributed by atoms with Crippen LogP contribution >= 0.6 is 0 Å². The van der Waals surface area contributed by atoms with Gasteiger partial charge in [0.1, 0.15) is 5.75 Å². The Labute approximate surface area is 170 Å². The van der Waals surface area contributed by atoms with E-state index in [-0.39, 0.29) is 11.5 Å². The molecule has 150 valence electrons. The van der Waals surface area contributed by atoms with Crippen molar-refractivity contribution in [3.63, 3.8) is 0 Å². The van der Waals surface area contributed by atoms with E-state index in [4.69, 9.17) is 4.74 Å². The van der Waals surface area contributed by atoms with E-state index in [2.05, 4.69) is 13.8 Å². The van der Waals surface area contributed by atoms with E-state index in [0.717, 1.165) is 25.3 Å². The molecule has 2 heterocycles. The van der Waals surface area contributed by atoms with Crippen molar-refractivity contribution >= 4 is 16.7 Å². The fourth-order valence-corrected chi connectivity index (χ4v) is 4.40. The van der Waals surface area contributed by atoms with Crippen LogP contribution in [0.2, 0.25) is 0 Å². The SMILES string of the molecule is COc1ccc(-n2cc(C(=O)N3CC(C)CC(C)C3)c3ccccc3c2=O)cc1. The van der Waals surface area contributed by atoms with Crippen LogP contribution in [0.25, 0.3) is 16.5 Å². The van der Waals surface area contributed by atoms with Crippen LogP contribution in [0.15, 0.2) is 59.5 Å². The summed E-state index contributed by atoms with van der Waals surface area (Å²) in [4.78, 5) is 28.6. The Hall–Kier alpha value is -3.08. The van der Waals surface area contributed by atoms with Gasteiger partial charge in [-0.15, -0.1) is 0 Å². The Morgan fingerprint density at radius 1 is 0.966 bits per heavy atom. The molecule has 4 rings (SSSR count). The predicted octanol–water partition coefficient (Wildman–Crippen LogP) is 4.12. The molecule has 0 spiro atoms. The number of carbonyl (C=O) groups is 1. The molecular formula is C24H26N2O3. The van der Waals surface area contributed by atoms with Crippen molar-refractivity contribution in [1.29, 1.82) is 0 Å². The van der Waals surface area contributed by atoms with Gasteiger partial charge in [-0.1, -0.05) is 32.0 Å². The molecule has 2 atom stereocenters. The molecule has 1 aliphatic heterocycles. The first-order valence-electron chi connectivity index (χ1n) is 10.1. The van der Waals surface area contributed by atoms with Crippen molar-refractivity contribution in [3.8, 4) is 11.4 Å². The first-order valence-corrected chi connectivity index (χ1v) is 10.1. The van der Waals surface area contributed by atoms with E-state index >= 15 is 0 Å². The number of amides is 1. The van der Waals surface area contributed by atoms with Gasteiger partial charge in [0, 0.05) is 35.7 Å². The molecule has 1 saturated heterocycles. The number of hydrogen-bond donors (Lipinski definition) is 0. The normalized spacial score (nSPS) is 19.3. The first-order chi connectivity index (χ1) is 14.0. The molecule has 29 heavy (non-hydrogen) atoms. The second kappa shape index (κ2) is 7.74. The summed E-state index contributed by atoms with van der Waals surface area (Å²) in [6, 6.07) is 14.6. The first kappa shape index (κ1) is 19.2. The van der Waals surface area contributed by atoms with Crippen molar-refractivity contribution in [2.24, 2.45) is 11.8 Å². The Morgan fingerprint density at radius 3 is 2.21 bits per heavy atom. The van der Waals surface area contributed by atoms with Gasteiger partial charge in [0.2, 0.25) is 0 Å². The summed E-state index contributed by atoms with van der Waals surface area (Å²) in [5.74, 6) is 1.65. The molecule has 1 aromatic heterocycles. The Kier molecular flexibility index (Phi) is 5.14. The highest BCUT2D eigenvalue weighted by atomic mass is 16.5. The van der Waals surface area contributed by atoms with Crippen LogP contribution in [0, 0.1) is 11.8 Å². The summed E-state index contributed by atoms with van der Waals surface area (Å²) in [7, 11) is 1.61. The molecule has 1 aliphatic rings. The number of benzene rings is 2. The van der Waals surface area contributed by atoms with Gasteiger partial charge in [-0.2, -0.15) is 0 Å². The Balaban J connectivity index is 1.85. The monoisotopic (exact) mass is 390 g/mol. The maximum Gasteiger partial charge on any atom is 0.262 e. The molecule has 2 aromatic carbocycles. The average molecular weight is 390 g/mol. The van der Waals surface area contributed by atoms with Crippen molar-refractivity contribution in [1.82, 2.24) is 9.47 Å². The van der Waals surface area contributed by atoms with Crippen molar-refractivity contribution in [3.05, 3.63) is 70.6 Å². The molecule has 2 unspecified atom stereocenters. The second-order valence-electron chi connectivity index (χ2n) is 8.12.